The molecule has 2 aromatic rings. The molecule has 0 atom stereocenters. The Morgan fingerprint density at radius 3 is 2.62 bits per heavy atom. The molecule has 0 bridgehead atoms. The van der Waals surface area contributed by atoms with Crippen LogP contribution in [-0.4, -0.2) is 18.8 Å². The van der Waals surface area contributed by atoms with E-state index in [2.05, 4.69) is 11.8 Å². The smallest absolute Gasteiger partial charge is 0.161 e. The predicted octanol–water partition coefficient (Wildman–Crippen LogP) is 2.76. The summed E-state index contributed by atoms with van der Waals surface area (Å²) in [6.45, 7) is -0.0319. The van der Waals surface area contributed by atoms with E-state index < -0.39 is 5.82 Å². The highest BCUT2D eigenvalue weighted by Crippen LogP contribution is 2.26. The normalized spacial score (nSPS) is 9.67. The molecule has 2 rings (SSSR count). The van der Waals surface area contributed by atoms with Crippen molar-refractivity contribution in [2.45, 2.75) is 6.61 Å². The van der Waals surface area contributed by atoms with E-state index in [1.807, 2.05) is 12.1 Å². The maximum Gasteiger partial charge on any atom is 0.161 e. The van der Waals surface area contributed by atoms with Gasteiger partial charge in [0, 0.05) is 0 Å². The fourth-order valence-electron chi connectivity index (χ4n) is 1.79. The number of aliphatic hydroxyl groups is 1. The summed E-state index contributed by atoms with van der Waals surface area (Å²) in [5.74, 6) is 5.84. The van der Waals surface area contributed by atoms with E-state index in [1.165, 1.54) is 6.07 Å². The molecule has 0 aliphatic rings. The number of rotatable bonds is 4. The van der Waals surface area contributed by atoms with Crippen molar-refractivity contribution in [3.8, 4) is 23.3 Å². The van der Waals surface area contributed by atoms with Gasteiger partial charge in [-0.15, -0.1) is 0 Å². The van der Waals surface area contributed by atoms with Crippen LogP contribution in [0, 0.1) is 17.7 Å². The Bertz CT molecular complexity index is 671. The molecule has 2 aromatic carbocycles. The standard InChI is InChI=1S/C17H15FO3/c1-20-16-6-2-3-7-17(16)21-12-13-8-9-15(18)14(11-13)5-4-10-19/h2-3,6-9,11,19H,10,12H2,1H3. The Labute approximate surface area is 122 Å². The number of ether oxygens (including phenoxy) is 2. The molecule has 4 heteroatoms. The summed E-state index contributed by atoms with van der Waals surface area (Å²) in [5, 5.41) is 8.66. The zero-order chi connectivity index (χ0) is 15.1. The minimum Gasteiger partial charge on any atom is -0.493 e. The van der Waals surface area contributed by atoms with E-state index in [-0.39, 0.29) is 18.8 Å². The van der Waals surface area contributed by atoms with E-state index in [9.17, 15) is 4.39 Å². The van der Waals surface area contributed by atoms with Crippen LogP contribution in [-0.2, 0) is 6.61 Å². The van der Waals surface area contributed by atoms with Crippen molar-refractivity contribution < 1.29 is 19.0 Å². The molecule has 0 radical (unpaired) electrons. The second kappa shape index (κ2) is 7.32. The number of benzene rings is 2. The van der Waals surface area contributed by atoms with E-state index in [0.717, 1.165) is 5.56 Å². The van der Waals surface area contributed by atoms with E-state index in [4.69, 9.17) is 14.6 Å². The first kappa shape index (κ1) is 14.9. The largest absolute Gasteiger partial charge is 0.493 e. The lowest BCUT2D eigenvalue weighted by atomic mass is 10.1. The van der Waals surface area contributed by atoms with Gasteiger partial charge in [-0.1, -0.05) is 30.0 Å². The van der Waals surface area contributed by atoms with Crippen molar-refractivity contribution in [1.29, 1.82) is 0 Å². The van der Waals surface area contributed by atoms with Gasteiger partial charge in [0.2, 0.25) is 0 Å². The van der Waals surface area contributed by atoms with Crippen LogP contribution in [0.3, 0.4) is 0 Å². The third-order valence-electron chi connectivity index (χ3n) is 2.80. The van der Waals surface area contributed by atoms with Crippen LogP contribution in [0.5, 0.6) is 11.5 Å². The Hall–Kier alpha value is -2.51. The highest BCUT2D eigenvalue weighted by Gasteiger charge is 2.05. The molecule has 0 fully saturated rings. The van der Waals surface area contributed by atoms with E-state index in [1.54, 1.807) is 31.4 Å². The number of hydrogen-bond acceptors (Lipinski definition) is 3. The molecular weight excluding hydrogens is 271 g/mol. The Morgan fingerprint density at radius 1 is 1.14 bits per heavy atom. The lowest BCUT2D eigenvalue weighted by Gasteiger charge is -2.10. The molecule has 0 heterocycles. The van der Waals surface area contributed by atoms with Gasteiger partial charge in [0.15, 0.2) is 11.5 Å². The molecule has 108 valence electrons. The van der Waals surface area contributed by atoms with Crippen LogP contribution in [0.25, 0.3) is 0 Å². The summed E-state index contributed by atoms with van der Waals surface area (Å²) in [6, 6.07) is 11.9. The van der Waals surface area contributed by atoms with Crippen molar-refractivity contribution in [3.63, 3.8) is 0 Å². The molecule has 0 aromatic heterocycles. The SMILES string of the molecule is COc1ccccc1OCc1ccc(F)c(C#CCO)c1. The molecule has 0 unspecified atom stereocenters. The maximum atomic E-state index is 13.5. The molecule has 0 saturated heterocycles. The molecule has 21 heavy (non-hydrogen) atoms. The summed E-state index contributed by atoms with van der Waals surface area (Å²) in [7, 11) is 1.57. The van der Waals surface area contributed by atoms with Crippen molar-refractivity contribution in [1.82, 2.24) is 0 Å². The van der Waals surface area contributed by atoms with Gasteiger partial charge in [-0.3, -0.25) is 0 Å². The van der Waals surface area contributed by atoms with Gasteiger partial charge in [0.25, 0.3) is 0 Å². The van der Waals surface area contributed by atoms with Crippen molar-refractivity contribution >= 4 is 0 Å². The quantitative estimate of drug-likeness (QED) is 0.878. The Kier molecular flexibility index (Phi) is 5.19. The molecular formula is C17H15FO3. The van der Waals surface area contributed by atoms with Crippen LogP contribution >= 0.6 is 0 Å². The van der Waals surface area contributed by atoms with E-state index >= 15 is 0 Å². The van der Waals surface area contributed by atoms with Crippen LogP contribution in [0.2, 0.25) is 0 Å². The average molecular weight is 286 g/mol. The van der Waals surface area contributed by atoms with Gasteiger partial charge in [-0.05, 0) is 29.8 Å². The average Bonchev–Trinajstić information content (AvgIpc) is 2.53. The first-order valence-corrected chi connectivity index (χ1v) is 6.38. The molecule has 0 amide bonds. The third kappa shape index (κ3) is 3.98. The minimum atomic E-state index is -0.419. The topological polar surface area (TPSA) is 38.7 Å². The zero-order valence-electron chi connectivity index (χ0n) is 11.6. The first-order chi connectivity index (χ1) is 10.2. The van der Waals surface area contributed by atoms with Crippen LogP contribution in [0.4, 0.5) is 4.39 Å². The number of aliphatic hydroxyl groups excluding tert-OH is 1. The highest BCUT2D eigenvalue weighted by atomic mass is 19.1. The number of para-hydroxylation sites is 2. The van der Waals surface area contributed by atoms with Crippen LogP contribution in [0.15, 0.2) is 42.5 Å². The summed E-state index contributed by atoms with van der Waals surface area (Å²) in [5.41, 5.74) is 1.02. The van der Waals surface area contributed by atoms with Crippen molar-refractivity contribution in [3.05, 3.63) is 59.4 Å². The Balaban J connectivity index is 2.13. The fraction of sp³-hybridized carbons (Fsp3) is 0.176. The summed E-state index contributed by atoms with van der Waals surface area (Å²) in [4.78, 5) is 0. The molecule has 0 aliphatic heterocycles. The van der Waals surface area contributed by atoms with Gasteiger partial charge in [-0.2, -0.15) is 0 Å². The van der Waals surface area contributed by atoms with Crippen LogP contribution in [0.1, 0.15) is 11.1 Å². The van der Waals surface area contributed by atoms with Gasteiger partial charge in [0.05, 0.1) is 12.7 Å². The van der Waals surface area contributed by atoms with Crippen LogP contribution < -0.4 is 9.47 Å². The second-order valence-corrected chi connectivity index (χ2v) is 4.21. The number of hydrogen-bond donors (Lipinski definition) is 1. The van der Waals surface area contributed by atoms with Crippen molar-refractivity contribution in [2.24, 2.45) is 0 Å². The van der Waals surface area contributed by atoms with Gasteiger partial charge in [-0.25, -0.2) is 4.39 Å². The second-order valence-electron chi connectivity index (χ2n) is 4.21. The molecule has 0 spiro atoms. The predicted molar refractivity (Wildman–Crippen MR) is 77.7 cm³/mol. The molecule has 0 saturated carbocycles. The number of methoxy groups -OCH3 is 1. The molecule has 1 N–H and O–H groups in total. The lowest BCUT2D eigenvalue weighted by molar-refractivity contribution is 0.284. The maximum absolute atomic E-state index is 13.5. The zero-order valence-corrected chi connectivity index (χ0v) is 11.6. The Morgan fingerprint density at radius 2 is 1.90 bits per heavy atom. The summed E-state index contributed by atoms with van der Waals surface area (Å²) in [6.07, 6.45) is 0. The van der Waals surface area contributed by atoms with Crippen molar-refractivity contribution in [2.75, 3.05) is 13.7 Å². The first-order valence-electron chi connectivity index (χ1n) is 6.38. The lowest BCUT2D eigenvalue weighted by Crippen LogP contribution is -1.98. The fourth-order valence-corrected chi connectivity index (χ4v) is 1.79. The minimum absolute atomic E-state index is 0.241. The monoisotopic (exact) mass is 286 g/mol. The molecule has 3 nitrogen and oxygen atoms in total. The summed E-state index contributed by atoms with van der Waals surface area (Å²) >= 11 is 0. The summed E-state index contributed by atoms with van der Waals surface area (Å²) < 4.78 is 24.4. The van der Waals surface area contributed by atoms with E-state index in [0.29, 0.717) is 11.5 Å². The van der Waals surface area contributed by atoms with Gasteiger partial charge in [0.1, 0.15) is 19.0 Å². The van der Waals surface area contributed by atoms with Gasteiger partial charge >= 0.3 is 0 Å². The number of halogens is 1. The van der Waals surface area contributed by atoms with Gasteiger partial charge < -0.3 is 14.6 Å². The third-order valence-corrected chi connectivity index (χ3v) is 2.80. The molecule has 0 aliphatic carbocycles. The highest BCUT2D eigenvalue weighted by molar-refractivity contribution is 5.41.